The highest BCUT2D eigenvalue weighted by atomic mass is 16.6. The number of esters is 1. The normalized spacial score (nSPS) is 14.1. The number of benzene rings is 2. The summed E-state index contributed by atoms with van der Waals surface area (Å²) in [4.78, 5) is 24.7. The molecule has 0 bridgehead atoms. The molecule has 2 aromatic rings. The largest absolute Gasteiger partial charge is 0.486 e. The van der Waals surface area contributed by atoms with Crippen LogP contribution in [0.1, 0.15) is 43.6 Å². The molecule has 2 aromatic carbocycles. The maximum Gasteiger partial charge on any atom is 0.339 e. The Morgan fingerprint density at radius 1 is 1.00 bits per heavy atom. The van der Waals surface area contributed by atoms with Crippen LogP contribution in [0.3, 0.4) is 0 Å². The zero-order valence-electron chi connectivity index (χ0n) is 16.6. The molecule has 1 N–H and O–H groups in total. The SMILES string of the molecule is C[C@H](OC(=O)c1ccc2c(c1)OCCO2)C(=O)Nc1ccc(C(C)(C)C)cc1. The summed E-state index contributed by atoms with van der Waals surface area (Å²) < 4.78 is 16.2. The molecule has 0 saturated carbocycles. The van der Waals surface area contributed by atoms with Crippen molar-refractivity contribution in [3.63, 3.8) is 0 Å². The van der Waals surface area contributed by atoms with Crippen molar-refractivity contribution in [3.05, 3.63) is 53.6 Å². The highest BCUT2D eigenvalue weighted by Crippen LogP contribution is 2.31. The molecule has 6 nitrogen and oxygen atoms in total. The van der Waals surface area contributed by atoms with E-state index in [0.717, 1.165) is 0 Å². The van der Waals surface area contributed by atoms with Gasteiger partial charge < -0.3 is 19.5 Å². The number of hydrogen-bond donors (Lipinski definition) is 1. The molecule has 0 aromatic heterocycles. The van der Waals surface area contributed by atoms with Crippen molar-refractivity contribution in [2.24, 2.45) is 0 Å². The van der Waals surface area contributed by atoms with Crippen LogP contribution in [-0.4, -0.2) is 31.2 Å². The lowest BCUT2D eigenvalue weighted by Gasteiger charge is -2.20. The van der Waals surface area contributed by atoms with Crippen LogP contribution in [-0.2, 0) is 14.9 Å². The number of hydrogen-bond acceptors (Lipinski definition) is 5. The van der Waals surface area contributed by atoms with Gasteiger partial charge in [-0.1, -0.05) is 32.9 Å². The van der Waals surface area contributed by atoms with Gasteiger partial charge in [-0.05, 0) is 48.2 Å². The Morgan fingerprint density at radius 3 is 2.29 bits per heavy atom. The number of nitrogens with one attached hydrogen (secondary N) is 1. The van der Waals surface area contributed by atoms with Crippen LogP contribution in [0.4, 0.5) is 5.69 Å². The predicted molar refractivity (Wildman–Crippen MR) is 106 cm³/mol. The van der Waals surface area contributed by atoms with E-state index in [9.17, 15) is 9.59 Å². The zero-order chi connectivity index (χ0) is 20.3. The highest BCUT2D eigenvalue weighted by Gasteiger charge is 2.21. The number of carbonyl (C=O) groups is 2. The van der Waals surface area contributed by atoms with Crippen molar-refractivity contribution in [1.82, 2.24) is 0 Å². The zero-order valence-corrected chi connectivity index (χ0v) is 16.6. The molecule has 1 aliphatic heterocycles. The maximum absolute atomic E-state index is 12.4. The van der Waals surface area contributed by atoms with Gasteiger partial charge in [0, 0.05) is 5.69 Å². The maximum atomic E-state index is 12.4. The fourth-order valence-electron chi connectivity index (χ4n) is 2.75. The standard InChI is InChI=1S/C22H25NO5/c1-14(20(24)23-17-8-6-16(7-9-17)22(2,3)4)28-21(25)15-5-10-18-19(13-15)27-12-11-26-18/h5-10,13-14H,11-12H2,1-4H3,(H,23,24)/t14-/m0/s1. The Balaban J connectivity index is 1.60. The Morgan fingerprint density at radius 2 is 1.64 bits per heavy atom. The number of rotatable bonds is 4. The summed E-state index contributed by atoms with van der Waals surface area (Å²) >= 11 is 0. The summed E-state index contributed by atoms with van der Waals surface area (Å²) in [7, 11) is 0. The lowest BCUT2D eigenvalue weighted by Crippen LogP contribution is -2.30. The fourth-order valence-corrected chi connectivity index (χ4v) is 2.75. The van der Waals surface area contributed by atoms with Gasteiger partial charge in [-0.25, -0.2) is 4.79 Å². The van der Waals surface area contributed by atoms with Crippen LogP contribution in [0.15, 0.2) is 42.5 Å². The lowest BCUT2D eigenvalue weighted by atomic mass is 9.87. The molecular weight excluding hydrogens is 358 g/mol. The van der Waals surface area contributed by atoms with Crippen molar-refractivity contribution < 1.29 is 23.8 Å². The van der Waals surface area contributed by atoms with Gasteiger partial charge in [0.15, 0.2) is 17.6 Å². The summed E-state index contributed by atoms with van der Waals surface area (Å²) in [6.07, 6.45) is -0.942. The van der Waals surface area contributed by atoms with Crippen molar-refractivity contribution in [1.29, 1.82) is 0 Å². The van der Waals surface area contributed by atoms with Gasteiger partial charge >= 0.3 is 5.97 Å². The Labute approximate surface area is 164 Å². The van der Waals surface area contributed by atoms with Crippen molar-refractivity contribution >= 4 is 17.6 Å². The van der Waals surface area contributed by atoms with Gasteiger partial charge in [-0.15, -0.1) is 0 Å². The second kappa shape index (κ2) is 7.92. The van der Waals surface area contributed by atoms with Crippen molar-refractivity contribution in [2.75, 3.05) is 18.5 Å². The number of anilines is 1. The van der Waals surface area contributed by atoms with E-state index in [1.807, 2.05) is 24.3 Å². The Bertz CT molecular complexity index is 867. The van der Waals surface area contributed by atoms with E-state index < -0.39 is 18.0 Å². The summed E-state index contributed by atoms with van der Waals surface area (Å²) in [6, 6.07) is 12.4. The molecule has 148 valence electrons. The summed E-state index contributed by atoms with van der Waals surface area (Å²) in [6.45, 7) is 8.82. The Kier molecular flexibility index (Phi) is 5.58. The lowest BCUT2D eigenvalue weighted by molar-refractivity contribution is -0.123. The van der Waals surface area contributed by atoms with E-state index >= 15 is 0 Å². The van der Waals surface area contributed by atoms with E-state index in [0.29, 0.717) is 36.0 Å². The summed E-state index contributed by atoms with van der Waals surface area (Å²) in [5.41, 5.74) is 2.16. The molecule has 3 rings (SSSR count). The average molecular weight is 383 g/mol. The van der Waals surface area contributed by atoms with E-state index in [1.165, 1.54) is 12.5 Å². The smallest absolute Gasteiger partial charge is 0.339 e. The first-order valence-corrected chi connectivity index (χ1v) is 9.26. The van der Waals surface area contributed by atoms with Crippen LogP contribution >= 0.6 is 0 Å². The molecular formula is C22H25NO5. The Hall–Kier alpha value is -3.02. The molecule has 0 radical (unpaired) electrons. The second-order valence-electron chi connectivity index (χ2n) is 7.72. The van der Waals surface area contributed by atoms with Gasteiger partial charge in [0.1, 0.15) is 13.2 Å². The third kappa shape index (κ3) is 4.63. The summed E-state index contributed by atoms with van der Waals surface area (Å²) in [5, 5.41) is 2.77. The molecule has 0 saturated heterocycles. The molecule has 1 aliphatic rings. The minimum absolute atomic E-state index is 0.0367. The van der Waals surface area contributed by atoms with Gasteiger partial charge in [-0.3, -0.25) is 4.79 Å². The average Bonchev–Trinajstić information content (AvgIpc) is 2.67. The number of carbonyl (C=O) groups excluding carboxylic acids is 2. The first kappa shape index (κ1) is 19.7. The van der Waals surface area contributed by atoms with E-state index in [1.54, 1.807) is 18.2 Å². The highest BCUT2D eigenvalue weighted by molar-refractivity contribution is 5.97. The molecule has 0 fully saturated rings. The van der Waals surface area contributed by atoms with Crippen LogP contribution < -0.4 is 14.8 Å². The van der Waals surface area contributed by atoms with E-state index in [4.69, 9.17) is 14.2 Å². The molecule has 1 atom stereocenters. The van der Waals surface area contributed by atoms with Crippen LogP contribution in [0.25, 0.3) is 0 Å². The first-order valence-electron chi connectivity index (χ1n) is 9.26. The van der Waals surface area contributed by atoms with Crippen LogP contribution in [0.5, 0.6) is 11.5 Å². The fraction of sp³-hybridized carbons (Fsp3) is 0.364. The molecule has 28 heavy (non-hydrogen) atoms. The number of ether oxygens (including phenoxy) is 3. The van der Waals surface area contributed by atoms with Gasteiger partial charge in [-0.2, -0.15) is 0 Å². The van der Waals surface area contributed by atoms with Crippen LogP contribution in [0, 0.1) is 0 Å². The van der Waals surface area contributed by atoms with Crippen molar-refractivity contribution in [3.8, 4) is 11.5 Å². The van der Waals surface area contributed by atoms with Crippen molar-refractivity contribution in [2.45, 2.75) is 39.2 Å². The van der Waals surface area contributed by atoms with Gasteiger partial charge in [0.2, 0.25) is 0 Å². The van der Waals surface area contributed by atoms with Crippen LogP contribution in [0.2, 0.25) is 0 Å². The minimum Gasteiger partial charge on any atom is -0.486 e. The number of fused-ring (bicyclic) bond motifs is 1. The number of amides is 1. The molecule has 0 aliphatic carbocycles. The molecule has 0 unspecified atom stereocenters. The monoisotopic (exact) mass is 383 g/mol. The predicted octanol–water partition coefficient (Wildman–Crippen LogP) is 3.94. The topological polar surface area (TPSA) is 73.9 Å². The molecule has 0 spiro atoms. The second-order valence-corrected chi connectivity index (χ2v) is 7.72. The molecule has 1 heterocycles. The third-order valence-corrected chi connectivity index (χ3v) is 4.45. The quantitative estimate of drug-likeness (QED) is 0.810. The van der Waals surface area contributed by atoms with Gasteiger partial charge in [0.25, 0.3) is 5.91 Å². The molecule has 1 amide bonds. The molecule has 6 heteroatoms. The third-order valence-electron chi connectivity index (χ3n) is 4.45. The van der Waals surface area contributed by atoms with E-state index in [-0.39, 0.29) is 5.41 Å². The van der Waals surface area contributed by atoms with E-state index in [2.05, 4.69) is 26.1 Å². The minimum atomic E-state index is -0.942. The summed E-state index contributed by atoms with van der Waals surface area (Å²) in [5.74, 6) is 0.0983. The first-order chi connectivity index (χ1) is 13.2. The van der Waals surface area contributed by atoms with Gasteiger partial charge in [0.05, 0.1) is 5.56 Å².